The van der Waals surface area contributed by atoms with E-state index in [-0.39, 0.29) is 18.4 Å². The normalized spacial score (nSPS) is 23.3. The summed E-state index contributed by atoms with van der Waals surface area (Å²) in [5.74, 6) is -0.491. The van der Waals surface area contributed by atoms with Gasteiger partial charge in [0.25, 0.3) is 11.8 Å². The summed E-state index contributed by atoms with van der Waals surface area (Å²) in [6, 6.07) is 6.49. The number of nitriles is 1. The number of benzene rings is 1. The number of carbonyl (C=O) groups is 3. The Hall–Kier alpha value is -2.88. The van der Waals surface area contributed by atoms with Gasteiger partial charge >= 0.3 is 6.03 Å². The van der Waals surface area contributed by atoms with Crippen LogP contribution in [0.4, 0.5) is 4.79 Å². The largest absolute Gasteiger partial charge is 0.336 e. The zero-order chi connectivity index (χ0) is 16.8. The molecule has 0 aromatic heterocycles. The number of likely N-dealkylation sites (N-methyl/N-ethyl adjacent to an activating group) is 1. The molecule has 2 aliphatic heterocycles. The quantitative estimate of drug-likeness (QED) is 0.770. The molecule has 0 saturated carbocycles. The predicted octanol–water partition coefficient (Wildman–Crippen LogP) is 0.633. The van der Waals surface area contributed by atoms with Crippen LogP contribution in [0.2, 0.25) is 0 Å². The molecule has 1 aromatic carbocycles. The van der Waals surface area contributed by atoms with Gasteiger partial charge < -0.3 is 10.2 Å². The molecular weight excluding hydrogens is 296 g/mol. The van der Waals surface area contributed by atoms with Crippen molar-refractivity contribution < 1.29 is 14.4 Å². The molecule has 1 atom stereocenters. The lowest BCUT2D eigenvalue weighted by atomic mass is 9.99. The first-order valence-corrected chi connectivity index (χ1v) is 7.28. The van der Waals surface area contributed by atoms with Crippen LogP contribution >= 0.6 is 0 Å². The molecule has 1 N–H and O–H groups in total. The number of rotatable bonds is 1. The fourth-order valence-corrected chi connectivity index (χ4v) is 3.16. The van der Waals surface area contributed by atoms with Gasteiger partial charge in [-0.05, 0) is 37.1 Å². The fraction of sp³-hybridized carbons (Fsp3) is 0.375. The summed E-state index contributed by atoms with van der Waals surface area (Å²) in [5.41, 5.74) is 0.721. The van der Waals surface area contributed by atoms with Gasteiger partial charge in [-0.3, -0.25) is 14.5 Å². The Kier molecular flexibility index (Phi) is 3.33. The molecule has 0 bridgehead atoms. The summed E-state index contributed by atoms with van der Waals surface area (Å²) < 4.78 is 0. The molecular formula is C16H16N4O3. The average Bonchev–Trinajstić information content (AvgIpc) is 3.05. The number of likely N-dealkylation sites (tertiary alicyclic amines) is 1. The number of amides is 4. The Balaban J connectivity index is 1.82. The van der Waals surface area contributed by atoms with Crippen molar-refractivity contribution in [2.45, 2.75) is 18.9 Å². The lowest BCUT2D eigenvalue weighted by Gasteiger charge is -2.22. The Bertz CT molecular complexity index is 767. The molecule has 0 radical (unpaired) electrons. The van der Waals surface area contributed by atoms with Crippen LogP contribution in [0.1, 0.15) is 27.9 Å². The summed E-state index contributed by atoms with van der Waals surface area (Å²) >= 11 is 0. The molecule has 1 aromatic rings. The molecule has 3 rings (SSSR count). The van der Waals surface area contributed by atoms with Gasteiger partial charge in [0, 0.05) is 19.2 Å². The zero-order valence-electron chi connectivity index (χ0n) is 12.9. The maximum Gasteiger partial charge on any atom is 0.324 e. The van der Waals surface area contributed by atoms with Gasteiger partial charge in [0.1, 0.15) is 5.54 Å². The lowest BCUT2D eigenvalue weighted by Crippen LogP contribution is -2.49. The van der Waals surface area contributed by atoms with Crippen molar-refractivity contribution in [3.8, 4) is 6.07 Å². The van der Waals surface area contributed by atoms with E-state index >= 15 is 0 Å². The van der Waals surface area contributed by atoms with Crippen LogP contribution in [0.15, 0.2) is 18.2 Å². The van der Waals surface area contributed by atoms with Crippen LogP contribution in [-0.2, 0) is 4.79 Å². The molecule has 2 fully saturated rings. The van der Waals surface area contributed by atoms with Gasteiger partial charge in [-0.2, -0.15) is 5.26 Å². The van der Waals surface area contributed by atoms with Crippen molar-refractivity contribution in [1.82, 2.24) is 15.1 Å². The number of hydrogen-bond donors (Lipinski definition) is 1. The highest BCUT2D eigenvalue weighted by atomic mass is 16.2. The fourth-order valence-electron chi connectivity index (χ4n) is 3.16. The van der Waals surface area contributed by atoms with E-state index < -0.39 is 11.6 Å². The molecule has 23 heavy (non-hydrogen) atoms. The van der Waals surface area contributed by atoms with E-state index in [1.54, 1.807) is 30.0 Å². The Labute approximate surface area is 133 Å². The van der Waals surface area contributed by atoms with Crippen molar-refractivity contribution >= 4 is 17.8 Å². The van der Waals surface area contributed by atoms with E-state index in [9.17, 15) is 14.4 Å². The highest BCUT2D eigenvalue weighted by Gasteiger charge is 2.54. The Morgan fingerprint density at radius 1 is 1.39 bits per heavy atom. The second-order valence-electron chi connectivity index (χ2n) is 5.99. The number of urea groups is 1. The van der Waals surface area contributed by atoms with E-state index in [1.165, 1.54) is 7.05 Å². The molecule has 1 spiro atoms. The molecule has 2 saturated heterocycles. The van der Waals surface area contributed by atoms with Gasteiger partial charge in [-0.1, -0.05) is 0 Å². The monoisotopic (exact) mass is 312 g/mol. The number of nitrogens with zero attached hydrogens (tertiary/aromatic N) is 3. The van der Waals surface area contributed by atoms with Crippen molar-refractivity contribution in [2.24, 2.45) is 0 Å². The lowest BCUT2D eigenvalue weighted by molar-refractivity contribution is -0.129. The molecule has 7 heteroatoms. The molecule has 4 amide bonds. The topological polar surface area (TPSA) is 93.5 Å². The van der Waals surface area contributed by atoms with Crippen molar-refractivity contribution in [2.75, 3.05) is 20.1 Å². The summed E-state index contributed by atoms with van der Waals surface area (Å²) in [7, 11) is 1.43. The summed E-state index contributed by atoms with van der Waals surface area (Å²) in [4.78, 5) is 39.3. The van der Waals surface area contributed by atoms with E-state index in [2.05, 4.69) is 5.32 Å². The predicted molar refractivity (Wildman–Crippen MR) is 80.4 cm³/mol. The maximum atomic E-state index is 12.7. The highest BCUT2D eigenvalue weighted by Crippen LogP contribution is 2.29. The number of nitrogens with one attached hydrogen (secondary N) is 1. The van der Waals surface area contributed by atoms with Crippen molar-refractivity contribution in [3.63, 3.8) is 0 Å². The zero-order valence-corrected chi connectivity index (χ0v) is 12.9. The summed E-state index contributed by atoms with van der Waals surface area (Å²) in [5, 5.41) is 11.6. The molecule has 2 heterocycles. The number of hydrogen-bond acceptors (Lipinski definition) is 4. The Morgan fingerprint density at radius 2 is 2.13 bits per heavy atom. The van der Waals surface area contributed by atoms with Gasteiger partial charge in [0.15, 0.2) is 0 Å². The SMILES string of the molecule is Cc1cc(C#N)ccc1C(=O)N1CCC2(C1)NC(=O)N(C)C2=O. The maximum absolute atomic E-state index is 12.7. The van der Waals surface area contributed by atoms with Crippen LogP contribution in [0.5, 0.6) is 0 Å². The van der Waals surface area contributed by atoms with Crippen LogP contribution in [0.3, 0.4) is 0 Å². The average molecular weight is 312 g/mol. The Morgan fingerprint density at radius 3 is 2.70 bits per heavy atom. The van der Waals surface area contributed by atoms with Gasteiger partial charge in [-0.15, -0.1) is 0 Å². The van der Waals surface area contributed by atoms with E-state index in [1.807, 2.05) is 6.07 Å². The third-order valence-corrected chi connectivity index (χ3v) is 4.51. The standard InChI is InChI=1S/C16H16N4O3/c1-10-7-11(8-17)3-4-12(10)13(21)20-6-5-16(9-20)14(22)19(2)15(23)18-16/h3-4,7H,5-6,9H2,1-2H3,(H,18,23). The molecule has 0 aliphatic carbocycles. The second-order valence-corrected chi connectivity index (χ2v) is 5.99. The first kappa shape index (κ1) is 15.0. The minimum atomic E-state index is -0.998. The van der Waals surface area contributed by atoms with E-state index in [0.29, 0.717) is 29.7 Å². The highest BCUT2D eigenvalue weighted by molar-refractivity contribution is 6.08. The van der Waals surface area contributed by atoms with E-state index in [0.717, 1.165) is 4.90 Å². The first-order valence-electron chi connectivity index (χ1n) is 7.28. The number of aryl methyl sites for hydroxylation is 1. The second kappa shape index (κ2) is 5.09. The third-order valence-electron chi connectivity index (χ3n) is 4.51. The number of carbonyl (C=O) groups excluding carboxylic acids is 3. The van der Waals surface area contributed by atoms with Crippen molar-refractivity contribution in [1.29, 1.82) is 5.26 Å². The van der Waals surface area contributed by atoms with Gasteiger partial charge in [0.2, 0.25) is 0 Å². The molecule has 7 nitrogen and oxygen atoms in total. The van der Waals surface area contributed by atoms with Crippen LogP contribution in [0.25, 0.3) is 0 Å². The smallest absolute Gasteiger partial charge is 0.324 e. The summed E-state index contributed by atoms with van der Waals surface area (Å²) in [6.07, 6.45) is 0.406. The van der Waals surface area contributed by atoms with Crippen LogP contribution < -0.4 is 5.32 Å². The van der Waals surface area contributed by atoms with Crippen molar-refractivity contribution in [3.05, 3.63) is 34.9 Å². The number of imide groups is 1. The van der Waals surface area contributed by atoms with Gasteiger partial charge in [-0.25, -0.2) is 4.79 Å². The minimum absolute atomic E-state index is 0.167. The molecule has 1 unspecified atom stereocenters. The minimum Gasteiger partial charge on any atom is -0.336 e. The van der Waals surface area contributed by atoms with Gasteiger partial charge in [0.05, 0.1) is 18.2 Å². The van der Waals surface area contributed by atoms with E-state index in [4.69, 9.17) is 5.26 Å². The van der Waals surface area contributed by atoms with Crippen LogP contribution in [0, 0.1) is 18.3 Å². The first-order chi connectivity index (χ1) is 10.9. The van der Waals surface area contributed by atoms with Crippen LogP contribution in [-0.4, -0.2) is 53.3 Å². The molecule has 2 aliphatic rings. The third kappa shape index (κ3) is 2.23. The molecule has 118 valence electrons. The summed E-state index contributed by atoms with van der Waals surface area (Å²) in [6.45, 7) is 2.34.